The van der Waals surface area contributed by atoms with Gasteiger partial charge in [0.25, 0.3) is 5.56 Å². The van der Waals surface area contributed by atoms with Crippen LogP contribution in [0.25, 0.3) is 0 Å². The summed E-state index contributed by atoms with van der Waals surface area (Å²) >= 11 is 6.04. The Labute approximate surface area is 155 Å². The number of nitrogens with one attached hydrogen (secondary N) is 1. The van der Waals surface area contributed by atoms with E-state index in [1.807, 2.05) is 0 Å². The summed E-state index contributed by atoms with van der Waals surface area (Å²) in [6.45, 7) is 8.99. The molecule has 0 aliphatic rings. The van der Waals surface area contributed by atoms with Crippen LogP contribution in [0.15, 0.2) is 15.6 Å². The highest BCUT2D eigenvalue weighted by Gasteiger charge is 2.27. The summed E-state index contributed by atoms with van der Waals surface area (Å²) in [6, 6.07) is -0.807. The van der Waals surface area contributed by atoms with Gasteiger partial charge in [-0.2, -0.15) is 0 Å². The van der Waals surface area contributed by atoms with Crippen LogP contribution < -0.4 is 10.9 Å². The second kappa shape index (κ2) is 7.86. The zero-order valence-electron chi connectivity index (χ0n) is 15.4. The fourth-order valence-electron chi connectivity index (χ4n) is 2.25. The summed E-state index contributed by atoms with van der Waals surface area (Å²) in [7, 11) is 0. The molecule has 0 radical (unpaired) electrons. The molecule has 1 N–H and O–H groups in total. The van der Waals surface area contributed by atoms with Crippen molar-refractivity contribution in [2.45, 2.75) is 59.2 Å². The van der Waals surface area contributed by atoms with Crippen molar-refractivity contribution in [3.63, 3.8) is 0 Å². The lowest BCUT2D eigenvalue weighted by Gasteiger charge is -2.24. The third-order valence-electron chi connectivity index (χ3n) is 3.47. The number of hydrogen-bond acceptors (Lipinski definition) is 8. The van der Waals surface area contributed by atoms with Gasteiger partial charge in [0, 0.05) is 6.20 Å². The Balaban J connectivity index is 2.31. The summed E-state index contributed by atoms with van der Waals surface area (Å²) < 4.78 is 11.3. The predicted octanol–water partition coefficient (Wildman–Crippen LogP) is 2.49. The van der Waals surface area contributed by atoms with Crippen molar-refractivity contribution in [2.75, 3.05) is 5.32 Å². The Morgan fingerprint density at radius 1 is 1.42 bits per heavy atom. The van der Waals surface area contributed by atoms with E-state index >= 15 is 0 Å². The third-order valence-corrected chi connectivity index (χ3v) is 3.65. The van der Waals surface area contributed by atoms with Gasteiger partial charge in [0.2, 0.25) is 0 Å². The number of anilines is 1. The minimum atomic E-state index is -0.807. The van der Waals surface area contributed by atoms with Gasteiger partial charge >= 0.3 is 5.97 Å². The highest BCUT2D eigenvalue weighted by Crippen LogP contribution is 2.19. The lowest BCUT2D eigenvalue weighted by atomic mass is 10.1. The zero-order chi connectivity index (χ0) is 19.5. The average Bonchev–Trinajstić information content (AvgIpc) is 2.93. The van der Waals surface area contributed by atoms with Crippen LogP contribution in [-0.4, -0.2) is 31.4 Å². The van der Waals surface area contributed by atoms with E-state index in [4.69, 9.17) is 16.3 Å². The minimum Gasteiger partial charge on any atom is -0.458 e. The first kappa shape index (κ1) is 19.9. The van der Waals surface area contributed by atoms with E-state index in [1.165, 1.54) is 10.8 Å². The highest BCUT2D eigenvalue weighted by atomic mass is 35.5. The molecule has 0 saturated heterocycles. The fourth-order valence-corrected chi connectivity index (χ4v) is 2.44. The van der Waals surface area contributed by atoms with Gasteiger partial charge in [-0.25, -0.2) is 14.4 Å². The first-order valence-electron chi connectivity index (χ1n) is 8.15. The lowest BCUT2D eigenvalue weighted by Crippen LogP contribution is -2.35. The van der Waals surface area contributed by atoms with Crippen LogP contribution in [0.1, 0.15) is 51.5 Å². The molecule has 142 valence electrons. The van der Waals surface area contributed by atoms with E-state index in [2.05, 4.69) is 25.2 Å². The van der Waals surface area contributed by atoms with Crippen LogP contribution in [0.4, 0.5) is 5.82 Å². The molecule has 10 heteroatoms. The molecule has 2 rings (SSSR count). The molecular formula is C16H22ClN5O4. The Morgan fingerprint density at radius 2 is 2.12 bits per heavy atom. The maximum absolute atomic E-state index is 12.7. The van der Waals surface area contributed by atoms with E-state index in [9.17, 15) is 9.59 Å². The van der Waals surface area contributed by atoms with Crippen LogP contribution in [0, 0.1) is 6.92 Å². The third kappa shape index (κ3) is 4.81. The van der Waals surface area contributed by atoms with Crippen molar-refractivity contribution in [1.82, 2.24) is 19.9 Å². The Kier molecular flexibility index (Phi) is 6.01. The molecule has 1 unspecified atom stereocenters. The number of halogens is 1. The minimum absolute atomic E-state index is 0.00177. The second-order valence-corrected chi connectivity index (χ2v) is 7.12. The normalized spacial score (nSPS) is 12.7. The van der Waals surface area contributed by atoms with E-state index in [0.717, 1.165) is 0 Å². The van der Waals surface area contributed by atoms with Gasteiger partial charge in [-0.1, -0.05) is 28.8 Å². The number of ether oxygens (including phenoxy) is 1. The highest BCUT2D eigenvalue weighted by molar-refractivity contribution is 6.29. The van der Waals surface area contributed by atoms with Gasteiger partial charge in [-0.15, -0.1) is 0 Å². The number of aryl methyl sites for hydroxylation is 1. The Bertz CT molecular complexity index is 840. The molecule has 0 bridgehead atoms. The number of nitrogens with zero attached hydrogens (tertiary/aromatic N) is 4. The Morgan fingerprint density at radius 3 is 2.65 bits per heavy atom. The summed E-state index contributed by atoms with van der Waals surface area (Å²) in [6.07, 6.45) is 1.69. The molecular weight excluding hydrogens is 362 g/mol. The van der Waals surface area contributed by atoms with Gasteiger partial charge in [-0.05, 0) is 34.1 Å². The second-order valence-electron chi connectivity index (χ2n) is 6.73. The van der Waals surface area contributed by atoms with Crippen molar-refractivity contribution >= 4 is 23.4 Å². The molecule has 0 aromatic carbocycles. The number of esters is 1. The first-order valence-corrected chi connectivity index (χ1v) is 8.53. The molecule has 0 fully saturated rings. The maximum atomic E-state index is 12.7. The summed E-state index contributed by atoms with van der Waals surface area (Å²) in [4.78, 5) is 29.2. The number of hydrogen-bond donors (Lipinski definition) is 1. The van der Waals surface area contributed by atoms with Gasteiger partial charge in [0.1, 0.15) is 28.2 Å². The quantitative estimate of drug-likeness (QED) is 0.757. The first-order chi connectivity index (χ1) is 12.1. The molecule has 2 aromatic rings. The molecule has 0 saturated carbocycles. The molecule has 2 heterocycles. The summed E-state index contributed by atoms with van der Waals surface area (Å²) in [5.74, 6) is -0.506. The maximum Gasteiger partial charge on any atom is 0.329 e. The smallest absolute Gasteiger partial charge is 0.329 e. The molecule has 0 aliphatic carbocycles. The Hall–Kier alpha value is -2.42. The average molecular weight is 384 g/mol. The monoisotopic (exact) mass is 383 g/mol. The van der Waals surface area contributed by atoms with Crippen molar-refractivity contribution < 1.29 is 14.2 Å². The van der Waals surface area contributed by atoms with E-state index in [0.29, 0.717) is 17.8 Å². The van der Waals surface area contributed by atoms with Crippen molar-refractivity contribution in [3.8, 4) is 0 Å². The van der Waals surface area contributed by atoms with Gasteiger partial charge in [0.15, 0.2) is 5.82 Å². The molecule has 0 amide bonds. The summed E-state index contributed by atoms with van der Waals surface area (Å²) in [5.41, 5.74) is -0.0121. The van der Waals surface area contributed by atoms with Crippen LogP contribution in [-0.2, 0) is 16.1 Å². The predicted molar refractivity (Wildman–Crippen MR) is 95.0 cm³/mol. The molecule has 0 spiro atoms. The molecule has 1 atom stereocenters. The number of rotatable bonds is 6. The lowest BCUT2D eigenvalue weighted by molar-refractivity contribution is -0.159. The van der Waals surface area contributed by atoms with Crippen LogP contribution in [0.5, 0.6) is 0 Å². The molecule has 26 heavy (non-hydrogen) atoms. The summed E-state index contributed by atoms with van der Waals surface area (Å²) in [5, 5.41) is 10.3. The number of carbonyl (C=O) groups is 1. The van der Waals surface area contributed by atoms with Gasteiger partial charge in [-0.3, -0.25) is 9.36 Å². The fraction of sp³-hybridized carbons (Fsp3) is 0.562. The molecule has 0 aliphatic heterocycles. The van der Waals surface area contributed by atoms with Crippen LogP contribution in [0.3, 0.4) is 0 Å². The zero-order valence-corrected chi connectivity index (χ0v) is 16.1. The van der Waals surface area contributed by atoms with Crippen LogP contribution >= 0.6 is 11.6 Å². The van der Waals surface area contributed by atoms with Crippen molar-refractivity contribution in [1.29, 1.82) is 0 Å². The van der Waals surface area contributed by atoms with Gasteiger partial charge < -0.3 is 10.1 Å². The largest absolute Gasteiger partial charge is 0.458 e. The van der Waals surface area contributed by atoms with E-state index in [1.54, 1.807) is 34.6 Å². The topological polar surface area (TPSA) is 112 Å². The molecule has 9 nitrogen and oxygen atoms in total. The van der Waals surface area contributed by atoms with Crippen molar-refractivity contribution in [3.05, 3.63) is 33.1 Å². The van der Waals surface area contributed by atoms with Crippen molar-refractivity contribution in [2.24, 2.45) is 0 Å². The standard InChI is InChI=1S/C16H22ClN5O4/c1-6-11(15(24)25-16(3,4)5)22-8-12(17)19-13(14(22)23)18-7-10-9(2)20-26-21-10/h8,11H,6-7H2,1-5H3,(H,18,19). The van der Waals surface area contributed by atoms with E-state index < -0.39 is 23.2 Å². The number of aromatic nitrogens is 4. The van der Waals surface area contributed by atoms with Crippen LogP contribution in [0.2, 0.25) is 5.15 Å². The van der Waals surface area contributed by atoms with Gasteiger partial charge in [0.05, 0.1) is 6.54 Å². The number of carbonyl (C=O) groups excluding carboxylic acids is 1. The van der Waals surface area contributed by atoms with E-state index in [-0.39, 0.29) is 17.5 Å². The SMILES string of the molecule is CCC(C(=O)OC(C)(C)C)n1cc(Cl)nc(NCc2nonc2C)c1=O. The molecule has 2 aromatic heterocycles.